The van der Waals surface area contributed by atoms with E-state index in [1.807, 2.05) is 18.9 Å². The van der Waals surface area contributed by atoms with Gasteiger partial charge in [0.25, 0.3) is 0 Å². The van der Waals surface area contributed by atoms with Crippen LogP contribution < -0.4 is 9.46 Å². The van der Waals surface area contributed by atoms with Crippen molar-refractivity contribution in [1.82, 2.24) is 9.62 Å². The van der Waals surface area contributed by atoms with Crippen molar-refractivity contribution in [2.75, 3.05) is 39.9 Å². The summed E-state index contributed by atoms with van der Waals surface area (Å²) in [7, 11) is -1.55. The highest BCUT2D eigenvalue weighted by Crippen LogP contribution is 2.15. The highest BCUT2D eigenvalue weighted by Gasteiger charge is 2.13. The van der Waals surface area contributed by atoms with Gasteiger partial charge in [-0.1, -0.05) is 6.92 Å². The number of sulfonamides is 1. The number of rotatable bonds is 9. The van der Waals surface area contributed by atoms with Gasteiger partial charge in [0.05, 0.1) is 11.5 Å². The molecule has 6 nitrogen and oxygen atoms in total. The molecule has 1 aromatic carbocycles. The molecule has 0 aliphatic carbocycles. The van der Waals surface area contributed by atoms with Crippen molar-refractivity contribution in [2.24, 2.45) is 0 Å². The van der Waals surface area contributed by atoms with E-state index in [9.17, 15) is 8.42 Å². The summed E-state index contributed by atoms with van der Waals surface area (Å²) in [6, 6.07) is 6.11. The number of nitrogens with one attached hydrogen (secondary N) is 1. The molecule has 20 heavy (non-hydrogen) atoms. The molecule has 0 unspecified atom stereocenters. The quantitative estimate of drug-likeness (QED) is 0.685. The number of aliphatic hydroxyl groups excluding tert-OH is 1. The summed E-state index contributed by atoms with van der Waals surface area (Å²) in [6.07, 6.45) is 0. The molecule has 0 heterocycles. The first-order valence-corrected chi connectivity index (χ1v) is 8.00. The standard InChI is InChI=1S/C13H22N2O4S/c1-3-15(2)9-8-14-20(17,18)13-6-4-12(5-7-13)19-11-10-16/h4-7,14,16H,3,8-11H2,1-2H3. The van der Waals surface area contributed by atoms with E-state index in [2.05, 4.69) is 4.72 Å². The molecule has 0 radical (unpaired) electrons. The molecule has 114 valence electrons. The highest BCUT2D eigenvalue weighted by atomic mass is 32.2. The van der Waals surface area contributed by atoms with E-state index < -0.39 is 10.0 Å². The summed E-state index contributed by atoms with van der Waals surface area (Å²) in [4.78, 5) is 2.22. The number of aliphatic hydroxyl groups is 1. The molecule has 1 rings (SSSR count). The molecule has 0 saturated carbocycles. The second-order valence-electron chi connectivity index (χ2n) is 4.34. The van der Waals surface area contributed by atoms with Gasteiger partial charge in [0.15, 0.2) is 0 Å². The van der Waals surface area contributed by atoms with Crippen molar-refractivity contribution in [3.8, 4) is 5.75 Å². The lowest BCUT2D eigenvalue weighted by Gasteiger charge is -2.14. The van der Waals surface area contributed by atoms with Crippen molar-refractivity contribution >= 4 is 10.0 Å². The zero-order valence-corrected chi connectivity index (χ0v) is 12.7. The maximum absolute atomic E-state index is 12.0. The first-order valence-electron chi connectivity index (χ1n) is 6.51. The van der Waals surface area contributed by atoms with Crippen LogP contribution in [0.4, 0.5) is 0 Å². The number of hydrogen-bond acceptors (Lipinski definition) is 5. The van der Waals surface area contributed by atoms with E-state index >= 15 is 0 Å². The predicted octanol–water partition coefficient (Wildman–Crippen LogP) is 0.288. The van der Waals surface area contributed by atoms with Crippen LogP contribution in [0.15, 0.2) is 29.2 Å². The first kappa shape index (κ1) is 16.9. The molecular formula is C13H22N2O4S. The Balaban J connectivity index is 2.58. The smallest absolute Gasteiger partial charge is 0.240 e. The largest absolute Gasteiger partial charge is 0.491 e. The molecule has 0 aromatic heterocycles. The number of likely N-dealkylation sites (N-methyl/N-ethyl adjacent to an activating group) is 1. The lowest BCUT2D eigenvalue weighted by atomic mass is 10.3. The normalized spacial score (nSPS) is 11.8. The van der Waals surface area contributed by atoms with Gasteiger partial charge in [0.2, 0.25) is 10.0 Å². The van der Waals surface area contributed by atoms with Crippen LogP contribution in [0, 0.1) is 0 Å². The molecule has 0 amide bonds. The van der Waals surface area contributed by atoms with Gasteiger partial charge in [-0.2, -0.15) is 0 Å². The molecule has 2 N–H and O–H groups in total. The third-order valence-corrected chi connectivity index (χ3v) is 4.30. The SMILES string of the molecule is CCN(C)CCNS(=O)(=O)c1ccc(OCCO)cc1. The summed E-state index contributed by atoms with van der Waals surface area (Å²) in [5.41, 5.74) is 0. The van der Waals surface area contributed by atoms with Gasteiger partial charge >= 0.3 is 0 Å². The Bertz CT molecular complexity index is 488. The van der Waals surface area contributed by atoms with Crippen molar-refractivity contribution in [2.45, 2.75) is 11.8 Å². The van der Waals surface area contributed by atoms with Crippen molar-refractivity contribution in [3.05, 3.63) is 24.3 Å². The minimum absolute atomic E-state index is 0.0768. The summed E-state index contributed by atoms with van der Waals surface area (Å²) in [5, 5.41) is 8.64. The van der Waals surface area contributed by atoms with Gasteiger partial charge in [-0.25, -0.2) is 13.1 Å². The molecule has 7 heteroatoms. The molecule has 0 spiro atoms. The van der Waals surface area contributed by atoms with Gasteiger partial charge in [0, 0.05) is 13.1 Å². The topological polar surface area (TPSA) is 78.9 Å². The molecule has 0 aliphatic heterocycles. The lowest BCUT2D eigenvalue weighted by Crippen LogP contribution is -2.32. The molecule has 1 aromatic rings. The second kappa shape index (κ2) is 8.21. The maximum atomic E-state index is 12.0. The summed E-state index contributed by atoms with van der Waals surface area (Å²) < 4.78 is 31.8. The average Bonchev–Trinajstić information content (AvgIpc) is 2.45. The third kappa shape index (κ3) is 5.46. The van der Waals surface area contributed by atoms with Gasteiger partial charge in [-0.3, -0.25) is 0 Å². The summed E-state index contributed by atoms with van der Waals surface area (Å²) in [5.74, 6) is 0.531. The van der Waals surface area contributed by atoms with Crippen molar-refractivity contribution < 1.29 is 18.3 Å². The van der Waals surface area contributed by atoms with Crippen molar-refractivity contribution in [3.63, 3.8) is 0 Å². The molecule has 0 atom stereocenters. The zero-order valence-electron chi connectivity index (χ0n) is 11.9. The van der Waals surface area contributed by atoms with E-state index in [0.29, 0.717) is 18.8 Å². The van der Waals surface area contributed by atoms with Gasteiger partial charge in [0.1, 0.15) is 12.4 Å². The third-order valence-electron chi connectivity index (χ3n) is 2.82. The van der Waals surface area contributed by atoms with Crippen LogP contribution in [0.2, 0.25) is 0 Å². The molecule has 0 aliphatic rings. The number of ether oxygens (including phenoxy) is 1. The van der Waals surface area contributed by atoms with Gasteiger partial charge < -0.3 is 14.7 Å². The molecule has 0 saturated heterocycles. The molecule has 0 bridgehead atoms. The first-order chi connectivity index (χ1) is 9.49. The second-order valence-corrected chi connectivity index (χ2v) is 6.10. The minimum atomic E-state index is -3.48. The summed E-state index contributed by atoms with van der Waals surface area (Å²) in [6.45, 7) is 4.03. The summed E-state index contributed by atoms with van der Waals surface area (Å²) >= 11 is 0. The monoisotopic (exact) mass is 302 g/mol. The Morgan fingerprint density at radius 2 is 1.95 bits per heavy atom. The van der Waals surface area contributed by atoms with E-state index in [4.69, 9.17) is 9.84 Å². The van der Waals surface area contributed by atoms with E-state index in [1.165, 1.54) is 12.1 Å². The van der Waals surface area contributed by atoms with Crippen LogP contribution in [-0.2, 0) is 10.0 Å². The van der Waals surface area contributed by atoms with Crippen LogP contribution in [0.5, 0.6) is 5.75 Å². The fourth-order valence-corrected chi connectivity index (χ4v) is 2.51. The molecular weight excluding hydrogens is 280 g/mol. The van der Waals surface area contributed by atoms with Crippen LogP contribution in [0.3, 0.4) is 0 Å². The van der Waals surface area contributed by atoms with Crippen LogP contribution >= 0.6 is 0 Å². The van der Waals surface area contributed by atoms with Crippen molar-refractivity contribution in [1.29, 1.82) is 0 Å². The Morgan fingerprint density at radius 1 is 1.30 bits per heavy atom. The van der Waals surface area contributed by atoms with E-state index in [1.54, 1.807) is 12.1 Å². The average molecular weight is 302 g/mol. The van der Waals surface area contributed by atoms with Crippen LogP contribution in [0.25, 0.3) is 0 Å². The Morgan fingerprint density at radius 3 is 2.50 bits per heavy atom. The molecule has 0 fully saturated rings. The van der Waals surface area contributed by atoms with Crippen LogP contribution in [0.1, 0.15) is 6.92 Å². The number of nitrogens with zero attached hydrogens (tertiary/aromatic N) is 1. The van der Waals surface area contributed by atoms with E-state index in [-0.39, 0.29) is 18.1 Å². The minimum Gasteiger partial charge on any atom is -0.491 e. The Hall–Kier alpha value is -1.15. The fourth-order valence-electron chi connectivity index (χ4n) is 1.49. The Kier molecular flexibility index (Phi) is 6.94. The Labute approximate surface area is 120 Å². The van der Waals surface area contributed by atoms with Gasteiger partial charge in [-0.15, -0.1) is 0 Å². The highest BCUT2D eigenvalue weighted by molar-refractivity contribution is 7.89. The number of hydrogen-bond donors (Lipinski definition) is 2. The van der Waals surface area contributed by atoms with E-state index in [0.717, 1.165) is 6.54 Å². The number of benzene rings is 1. The lowest BCUT2D eigenvalue weighted by molar-refractivity contribution is 0.201. The zero-order chi connectivity index (χ0) is 15.0. The van der Waals surface area contributed by atoms with Crippen LogP contribution in [-0.4, -0.2) is 58.3 Å². The fraction of sp³-hybridized carbons (Fsp3) is 0.538. The van der Waals surface area contributed by atoms with Gasteiger partial charge in [-0.05, 0) is 37.9 Å². The maximum Gasteiger partial charge on any atom is 0.240 e. The predicted molar refractivity (Wildman–Crippen MR) is 77.4 cm³/mol.